The average Bonchev–Trinajstić information content (AvgIpc) is 2.53. The second-order valence-electron chi connectivity index (χ2n) is 7.37. The van der Waals surface area contributed by atoms with E-state index in [-0.39, 0.29) is 35.0 Å². The number of carbonyl (C=O) groups excluding carboxylic acids is 2. The quantitative estimate of drug-likeness (QED) is 0.807. The lowest BCUT2D eigenvalue weighted by Gasteiger charge is -2.38. The second kappa shape index (κ2) is 6.52. The van der Waals surface area contributed by atoms with Gasteiger partial charge in [-0.3, -0.25) is 4.79 Å². The van der Waals surface area contributed by atoms with Crippen LogP contribution in [0.5, 0.6) is 5.75 Å². The fourth-order valence-electron chi connectivity index (χ4n) is 3.64. The molecule has 1 aromatic rings. The first-order valence-electron chi connectivity index (χ1n) is 8.64. The highest BCUT2D eigenvalue weighted by atomic mass is 16.5. The smallest absolute Gasteiger partial charge is 0.340 e. The van der Waals surface area contributed by atoms with Gasteiger partial charge in [-0.15, -0.1) is 0 Å². The summed E-state index contributed by atoms with van der Waals surface area (Å²) in [4.78, 5) is 25.5. The lowest BCUT2D eigenvalue weighted by molar-refractivity contribution is -0.139. The van der Waals surface area contributed by atoms with E-state index in [0.717, 1.165) is 0 Å². The first kappa shape index (κ1) is 18.0. The Bertz CT molecular complexity index is 834. The molecule has 6 nitrogen and oxygen atoms in total. The van der Waals surface area contributed by atoms with Crippen molar-refractivity contribution in [3.8, 4) is 5.75 Å². The van der Waals surface area contributed by atoms with Crippen LogP contribution < -0.4 is 5.73 Å². The summed E-state index contributed by atoms with van der Waals surface area (Å²) in [6, 6.07) is 6.61. The molecule has 138 valence electrons. The molecule has 1 aliphatic heterocycles. The molecule has 26 heavy (non-hydrogen) atoms. The average molecular weight is 357 g/mol. The van der Waals surface area contributed by atoms with Gasteiger partial charge in [-0.1, -0.05) is 32.0 Å². The third kappa shape index (κ3) is 3.07. The number of Topliss-reactive ketones (excluding diaryl/α,β-unsaturated/α-hetero) is 1. The summed E-state index contributed by atoms with van der Waals surface area (Å²) in [7, 11) is 0. The number of carbonyl (C=O) groups is 2. The van der Waals surface area contributed by atoms with E-state index in [9.17, 15) is 14.7 Å². The van der Waals surface area contributed by atoms with E-state index in [4.69, 9.17) is 15.2 Å². The maximum atomic E-state index is 12.9. The molecule has 0 fully saturated rings. The second-order valence-corrected chi connectivity index (χ2v) is 7.37. The van der Waals surface area contributed by atoms with Gasteiger partial charge in [0.2, 0.25) is 5.88 Å². The Morgan fingerprint density at radius 1 is 1.35 bits per heavy atom. The van der Waals surface area contributed by atoms with Crippen LogP contribution in [0.2, 0.25) is 0 Å². The lowest BCUT2D eigenvalue weighted by Crippen LogP contribution is -2.35. The van der Waals surface area contributed by atoms with Gasteiger partial charge in [0.25, 0.3) is 0 Å². The van der Waals surface area contributed by atoms with Gasteiger partial charge in [0.1, 0.15) is 17.1 Å². The number of phenolic OH excluding ortho intramolecular Hbond substituents is 1. The Kier molecular flexibility index (Phi) is 4.52. The molecule has 0 saturated carbocycles. The van der Waals surface area contributed by atoms with Gasteiger partial charge in [0.05, 0.1) is 12.5 Å². The number of ketones is 1. The molecule has 0 amide bonds. The number of rotatable bonds is 3. The van der Waals surface area contributed by atoms with Crippen LogP contribution in [-0.4, -0.2) is 23.5 Å². The van der Waals surface area contributed by atoms with Crippen LogP contribution in [0.25, 0.3) is 0 Å². The Labute approximate surface area is 152 Å². The van der Waals surface area contributed by atoms with Crippen molar-refractivity contribution in [3.63, 3.8) is 0 Å². The van der Waals surface area contributed by atoms with Crippen LogP contribution in [0.4, 0.5) is 0 Å². The summed E-state index contributed by atoms with van der Waals surface area (Å²) in [5, 5.41) is 10.4. The van der Waals surface area contributed by atoms with Crippen LogP contribution in [0.1, 0.15) is 45.1 Å². The van der Waals surface area contributed by atoms with Crippen molar-refractivity contribution in [1.82, 2.24) is 0 Å². The first-order chi connectivity index (χ1) is 12.2. The number of hydrogen-bond donors (Lipinski definition) is 2. The molecule has 3 N–H and O–H groups in total. The summed E-state index contributed by atoms with van der Waals surface area (Å²) in [5.41, 5.74) is 6.66. The molecule has 1 heterocycles. The largest absolute Gasteiger partial charge is 0.508 e. The van der Waals surface area contributed by atoms with Gasteiger partial charge in [-0.05, 0) is 18.4 Å². The molecule has 0 bridgehead atoms. The van der Waals surface area contributed by atoms with E-state index < -0.39 is 11.9 Å². The summed E-state index contributed by atoms with van der Waals surface area (Å²) in [6.07, 6.45) is 0.851. The molecule has 1 aliphatic carbocycles. The van der Waals surface area contributed by atoms with Crippen LogP contribution in [0.3, 0.4) is 0 Å². The number of ether oxygens (including phenoxy) is 2. The molecule has 0 aromatic heterocycles. The molecule has 1 atom stereocenters. The predicted molar refractivity (Wildman–Crippen MR) is 94.8 cm³/mol. The lowest BCUT2D eigenvalue weighted by atomic mass is 9.70. The Balaban J connectivity index is 2.21. The van der Waals surface area contributed by atoms with Crippen molar-refractivity contribution >= 4 is 11.8 Å². The van der Waals surface area contributed by atoms with E-state index in [2.05, 4.69) is 0 Å². The number of aromatic hydroxyl groups is 1. The summed E-state index contributed by atoms with van der Waals surface area (Å²) < 4.78 is 10.8. The minimum atomic E-state index is -0.803. The Morgan fingerprint density at radius 2 is 2.04 bits per heavy atom. The minimum absolute atomic E-state index is 0.0153. The number of phenols is 1. The zero-order valence-electron chi connectivity index (χ0n) is 15.2. The van der Waals surface area contributed by atoms with Crippen molar-refractivity contribution in [3.05, 3.63) is 52.6 Å². The number of benzene rings is 1. The summed E-state index contributed by atoms with van der Waals surface area (Å²) in [5.74, 6) is -1.20. The van der Waals surface area contributed by atoms with Crippen molar-refractivity contribution in [2.75, 3.05) is 6.61 Å². The fraction of sp³-hybridized carbons (Fsp3) is 0.400. The fourth-order valence-corrected chi connectivity index (χ4v) is 3.64. The molecule has 1 unspecified atom stereocenters. The van der Waals surface area contributed by atoms with E-state index in [1.807, 2.05) is 13.8 Å². The minimum Gasteiger partial charge on any atom is -0.508 e. The molecule has 0 spiro atoms. The summed E-state index contributed by atoms with van der Waals surface area (Å²) >= 11 is 0. The normalized spacial score (nSPS) is 22.0. The molecule has 3 rings (SSSR count). The van der Waals surface area contributed by atoms with E-state index >= 15 is 0 Å². The number of hydrogen-bond acceptors (Lipinski definition) is 6. The molecule has 1 aromatic carbocycles. The van der Waals surface area contributed by atoms with Crippen molar-refractivity contribution in [2.45, 2.75) is 39.5 Å². The molecule has 0 saturated heterocycles. The Morgan fingerprint density at radius 3 is 2.69 bits per heavy atom. The van der Waals surface area contributed by atoms with Gasteiger partial charge < -0.3 is 20.3 Å². The zero-order valence-corrected chi connectivity index (χ0v) is 15.2. The predicted octanol–water partition coefficient (Wildman–Crippen LogP) is 2.88. The molecular formula is C20H23NO5. The number of para-hydroxylation sites is 1. The van der Waals surface area contributed by atoms with Crippen molar-refractivity contribution < 1.29 is 24.2 Å². The number of nitrogens with two attached hydrogens (primary N) is 1. The zero-order chi connectivity index (χ0) is 19.1. The maximum absolute atomic E-state index is 12.9. The van der Waals surface area contributed by atoms with Gasteiger partial charge in [0, 0.05) is 24.0 Å². The number of esters is 1. The van der Waals surface area contributed by atoms with Gasteiger partial charge in [0.15, 0.2) is 5.78 Å². The molecule has 6 heteroatoms. The van der Waals surface area contributed by atoms with E-state index in [1.54, 1.807) is 25.1 Å². The highest BCUT2D eigenvalue weighted by Crippen LogP contribution is 2.49. The molecule has 2 aliphatic rings. The van der Waals surface area contributed by atoms with Crippen LogP contribution in [0, 0.1) is 5.41 Å². The summed E-state index contributed by atoms with van der Waals surface area (Å²) in [6.45, 7) is 5.81. The van der Waals surface area contributed by atoms with Crippen LogP contribution in [-0.2, 0) is 19.1 Å². The third-order valence-electron chi connectivity index (χ3n) is 4.70. The maximum Gasteiger partial charge on any atom is 0.340 e. The third-order valence-corrected chi connectivity index (χ3v) is 4.70. The van der Waals surface area contributed by atoms with Crippen molar-refractivity contribution in [2.24, 2.45) is 11.1 Å². The Hall–Kier alpha value is -2.76. The van der Waals surface area contributed by atoms with Crippen LogP contribution in [0.15, 0.2) is 47.1 Å². The highest BCUT2D eigenvalue weighted by Gasteiger charge is 2.45. The van der Waals surface area contributed by atoms with Crippen molar-refractivity contribution in [1.29, 1.82) is 0 Å². The SMILES string of the molecule is CCOC(=O)C1=C(N)OC2=C(C(=O)CC(C)(C)C2)C1c1ccccc1O. The van der Waals surface area contributed by atoms with E-state index in [0.29, 0.717) is 29.7 Å². The first-order valence-corrected chi connectivity index (χ1v) is 8.64. The highest BCUT2D eigenvalue weighted by molar-refractivity contribution is 6.03. The van der Waals surface area contributed by atoms with Gasteiger partial charge in [-0.2, -0.15) is 0 Å². The van der Waals surface area contributed by atoms with E-state index in [1.165, 1.54) is 6.07 Å². The van der Waals surface area contributed by atoms with Gasteiger partial charge in [-0.25, -0.2) is 4.79 Å². The molecular weight excluding hydrogens is 334 g/mol. The number of allylic oxidation sites excluding steroid dienone is 2. The van der Waals surface area contributed by atoms with Gasteiger partial charge >= 0.3 is 5.97 Å². The standard InChI is InChI=1S/C20H23NO5/c1-4-25-19(24)17-15(11-7-5-6-8-12(11)22)16-13(23)9-20(2,3)10-14(16)26-18(17)21/h5-8,15,22H,4,9-10,21H2,1-3H3. The molecule has 0 radical (unpaired) electrons. The van der Waals surface area contributed by atoms with Crippen LogP contribution >= 0.6 is 0 Å². The monoisotopic (exact) mass is 357 g/mol. The topological polar surface area (TPSA) is 98.9 Å².